The number of unbranched alkanes of at least 4 members (excludes halogenated alkanes) is 2. The second-order valence-electron chi connectivity index (χ2n) is 4.22. The Balaban J connectivity index is 2.38. The smallest absolute Gasteiger partial charge is 0.319 e. The minimum Gasteiger partial charge on any atom is -0.497 e. The summed E-state index contributed by atoms with van der Waals surface area (Å²) in [5, 5.41) is 5.60. The molecule has 0 radical (unpaired) electrons. The number of nitrogens with one attached hydrogen (secondary N) is 2. The van der Waals surface area contributed by atoms with Crippen LogP contribution in [0.4, 0.5) is 10.5 Å². The zero-order valence-corrected chi connectivity index (χ0v) is 11.5. The van der Waals surface area contributed by atoms with Gasteiger partial charge < -0.3 is 15.4 Å². The van der Waals surface area contributed by atoms with Crippen LogP contribution in [-0.4, -0.2) is 19.7 Å². The summed E-state index contributed by atoms with van der Waals surface area (Å²) in [6.45, 7) is 2.55. The zero-order chi connectivity index (χ0) is 14.1. The van der Waals surface area contributed by atoms with Crippen molar-refractivity contribution in [3.05, 3.63) is 23.8 Å². The van der Waals surface area contributed by atoms with Crippen LogP contribution >= 0.6 is 0 Å². The average molecular weight is 260 g/mol. The highest BCUT2D eigenvalue weighted by molar-refractivity contribution is 5.90. The number of hydrogen-bond acceptors (Lipinski definition) is 2. The highest BCUT2D eigenvalue weighted by atomic mass is 16.5. The number of carbonyl (C=O) groups excluding carboxylic acids is 1. The summed E-state index contributed by atoms with van der Waals surface area (Å²) in [6, 6.07) is 5.32. The number of methoxy groups -OCH3 is 1. The van der Waals surface area contributed by atoms with Crippen LogP contribution in [0.25, 0.3) is 0 Å². The SMILES string of the molecule is C#CCCCCNC(=O)Nc1ccc(OC)cc1C. The van der Waals surface area contributed by atoms with Gasteiger partial charge in [-0.3, -0.25) is 0 Å². The van der Waals surface area contributed by atoms with Crippen molar-refractivity contribution in [2.45, 2.75) is 26.2 Å². The van der Waals surface area contributed by atoms with E-state index in [1.807, 2.05) is 25.1 Å². The number of terminal acetylenes is 1. The molecule has 4 nitrogen and oxygen atoms in total. The molecule has 1 aromatic rings. The van der Waals surface area contributed by atoms with Crippen LogP contribution in [-0.2, 0) is 0 Å². The maximum Gasteiger partial charge on any atom is 0.319 e. The van der Waals surface area contributed by atoms with Crippen molar-refractivity contribution >= 4 is 11.7 Å². The molecule has 1 aromatic carbocycles. The quantitative estimate of drug-likeness (QED) is 0.610. The molecule has 0 spiro atoms. The van der Waals surface area contributed by atoms with Crippen molar-refractivity contribution in [1.29, 1.82) is 0 Å². The van der Waals surface area contributed by atoms with Gasteiger partial charge in [0.1, 0.15) is 5.75 Å². The Morgan fingerprint density at radius 1 is 1.42 bits per heavy atom. The molecule has 0 unspecified atom stereocenters. The van der Waals surface area contributed by atoms with Crippen LogP contribution in [0.3, 0.4) is 0 Å². The van der Waals surface area contributed by atoms with Crippen molar-refractivity contribution in [2.75, 3.05) is 19.0 Å². The molecule has 0 bridgehead atoms. The molecule has 0 fully saturated rings. The molecule has 0 aliphatic carbocycles. The minimum atomic E-state index is -0.200. The molecular formula is C15H20N2O2. The summed E-state index contributed by atoms with van der Waals surface area (Å²) >= 11 is 0. The van der Waals surface area contributed by atoms with Crippen LogP contribution in [0.5, 0.6) is 5.75 Å². The lowest BCUT2D eigenvalue weighted by molar-refractivity contribution is 0.252. The van der Waals surface area contributed by atoms with E-state index in [2.05, 4.69) is 16.6 Å². The predicted octanol–water partition coefficient (Wildman–Crippen LogP) is 2.93. The molecular weight excluding hydrogens is 240 g/mol. The molecule has 2 N–H and O–H groups in total. The summed E-state index contributed by atoms with van der Waals surface area (Å²) < 4.78 is 5.11. The third-order valence-corrected chi connectivity index (χ3v) is 2.72. The molecule has 1 rings (SSSR count). The molecule has 0 saturated carbocycles. The number of urea groups is 1. The first-order valence-corrected chi connectivity index (χ1v) is 6.30. The van der Waals surface area contributed by atoms with E-state index in [0.717, 1.165) is 36.3 Å². The summed E-state index contributed by atoms with van der Waals surface area (Å²) in [4.78, 5) is 11.7. The van der Waals surface area contributed by atoms with Gasteiger partial charge in [-0.15, -0.1) is 12.3 Å². The van der Waals surface area contributed by atoms with Gasteiger partial charge in [-0.25, -0.2) is 4.79 Å². The van der Waals surface area contributed by atoms with E-state index < -0.39 is 0 Å². The van der Waals surface area contributed by atoms with Crippen molar-refractivity contribution in [3.63, 3.8) is 0 Å². The molecule has 0 saturated heterocycles. The van der Waals surface area contributed by atoms with E-state index in [0.29, 0.717) is 6.54 Å². The van der Waals surface area contributed by atoms with Crippen LogP contribution in [0, 0.1) is 19.3 Å². The lowest BCUT2D eigenvalue weighted by Gasteiger charge is -2.10. The fraction of sp³-hybridized carbons (Fsp3) is 0.400. The normalized spacial score (nSPS) is 9.53. The molecule has 19 heavy (non-hydrogen) atoms. The number of amides is 2. The first-order valence-electron chi connectivity index (χ1n) is 6.30. The van der Waals surface area contributed by atoms with Gasteiger partial charge in [-0.05, 0) is 43.5 Å². The van der Waals surface area contributed by atoms with Crippen molar-refractivity contribution in [2.24, 2.45) is 0 Å². The van der Waals surface area contributed by atoms with E-state index in [1.165, 1.54) is 0 Å². The van der Waals surface area contributed by atoms with Crippen LogP contribution in [0.15, 0.2) is 18.2 Å². The highest BCUT2D eigenvalue weighted by Gasteiger charge is 2.04. The van der Waals surface area contributed by atoms with Gasteiger partial charge in [-0.2, -0.15) is 0 Å². The Hall–Kier alpha value is -2.15. The number of rotatable bonds is 6. The van der Waals surface area contributed by atoms with E-state index >= 15 is 0 Å². The van der Waals surface area contributed by atoms with Gasteiger partial charge in [0.25, 0.3) is 0 Å². The lowest BCUT2D eigenvalue weighted by atomic mass is 10.2. The number of carbonyl (C=O) groups is 1. The van der Waals surface area contributed by atoms with E-state index in [9.17, 15) is 4.79 Å². The summed E-state index contributed by atoms with van der Waals surface area (Å²) in [5.74, 6) is 3.35. The van der Waals surface area contributed by atoms with Crippen molar-refractivity contribution < 1.29 is 9.53 Å². The van der Waals surface area contributed by atoms with Crippen molar-refractivity contribution in [3.8, 4) is 18.1 Å². The molecule has 0 heterocycles. The summed E-state index contributed by atoms with van der Waals surface area (Å²) in [6.07, 6.45) is 7.72. The van der Waals surface area contributed by atoms with Crippen LogP contribution in [0.1, 0.15) is 24.8 Å². The van der Waals surface area contributed by atoms with Gasteiger partial charge in [0.15, 0.2) is 0 Å². The van der Waals surface area contributed by atoms with Gasteiger partial charge in [0.2, 0.25) is 0 Å². The molecule has 102 valence electrons. The van der Waals surface area contributed by atoms with Crippen LogP contribution in [0.2, 0.25) is 0 Å². The summed E-state index contributed by atoms with van der Waals surface area (Å²) in [7, 11) is 1.62. The van der Waals surface area contributed by atoms with Gasteiger partial charge in [-0.1, -0.05) is 0 Å². The monoisotopic (exact) mass is 260 g/mol. The Morgan fingerprint density at radius 2 is 2.21 bits per heavy atom. The van der Waals surface area contributed by atoms with Crippen LogP contribution < -0.4 is 15.4 Å². The first-order chi connectivity index (χ1) is 9.17. The third-order valence-electron chi connectivity index (χ3n) is 2.72. The number of aryl methyl sites for hydroxylation is 1. The van der Waals surface area contributed by atoms with Gasteiger partial charge in [0.05, 0.1) is 7.11 Å². The third kappa shape index (κ3) is 5.35. The second kappa shape index (κ2) is 8.04. The number of ether oxygens (including phenoxy) is 1. The fourth-order valence-electron chi connectivity index (χ4n) is 1.62. The molecule has 0 aliphatic heterocycles. The Labute approximate surface area is 114 Å². The van der Waals surface area contributed by atoms with E-state index in [4.69, 9.17) is 11.2 Å². The van der Waals surface area contributed by atoms with Gasteiger partial charge in [0, 0.05) is 18.7 Å². The second-order valence-corrected chi connectivity index (χ2v) is 4.22. The number of anilines is 1. The van der Waals surface area contributed by atoms with Gasteiger partial charge >= 0.3 is 6.03 Å². The van der Waals surface area contributed by atoms with E-state index in [-0.39, 0.29) is 6.03 Å². The average Bonchev–Trinajstić information content (AvgIpc) is 2.41. The fourth-order valence-corrected chi connectivity index (χ4v) is 1.62. The largest absolute Gasteiger partial charge is 0.497 e. The lowest BCUT2D eigenvalue weighted by Crippen LogP contribution is -2.29. The maximum absolute atomic E-state index is 11.7. The topological polar surface area (TPSA) is 50.4 Å². The standard InChI is InChI=1S/C15H20N2O2/c1-4-5-6-7-10-16-15(18)17-14-9-8-13(19-3)11-12(14)2/h1,8-9,11H,5-7,10H2,2-3H3,(H2,16,17,18). The Kier molecular flexibility index (Phi) is 6.31. The molecule has 0 aromatic heterocycles. The first kappa shape index (κ1) is 14.9. The highest BCUT2D eigenvalue weighted by Crippen LogP contribution is 2.20. The predicted molar refractivity (Wildman–Crippen MR) is 77.4 cm³/mol. The molecule has 0 aliphatic rings. The Morgan fingerprint density at radius 3 is 2.84 bits per heavy atom. The summed E-state index contributed by atoms with van der Waals surface area (Å²) in [5.41, 5.74) is 1.74. The minimum absolute atomic E-state index is 0.200. The van der Waals surface area contributed by atoms with Crippen molar-refractivity contribution in [1.82, 2.24) is 5.32 Å². The molecule has 2 amide bonds. The molecule has 4 heteroatoms. The number of benzene rings is 1. The Bertz CT molecular complexity index is 464. The van der Waals surface area contributed by atoms with E-state index in [1.54, 1.807) is 7.11 Å². The molecule has 0 atom stereocenters. The number of hydrogen-bond donors (Lipinski definition) is 2. The maximum atomic E-state index is 11.7. The zero-order valence-electron chi connectivity index (χ0n) is 11.5.